The number of carbonyl (C=O) groups is 1. The Labute approximate surface area is 98.9 Å². The summed E-state index contributed by atoms with van der Waals surface area (Å²) in [5.41, 5.74) is 8.01. The minimum absolute atomic E-state index is 0.273. The number of aromatic carboxylic acids is 1. The number of para-hydroxylation sites is 1. The average molecular weight is 228 g/mol. The summed E-state index contributed by atoms with van der Waals surface area (Å²) >= 11 is 0. The van der Waals surface area contributed by atoms with Gasteiger partial charge in [0.1, 0.15) is 0 Å². The van der Waals surface area contributed by atoms with Gasteiger partial charge in [-0.05, 0) is 36.4 Å². The zero-order valence-electron chi connectivity index (χ0n) is 9.05. The second kappa shape index (κ2) is 5.03. The first-order valence-corrected chi connectivity index (χ1v) is 5.16. The van der Waals surface area contributed by atoms with Crippen LogP contribution >= 0.6 is 0 Å². The SMILES string of the molecule is O=C(O)c1ccc(NNc2ccccc2)cc1. The number of hydrogen-bond acceptors (Lipinski definition) is 3. The maximum atomic E-state index is 10.7. The van der Waals surface area contributed by atoms with Gasteiger partial charge in [-0.15, -0.1) is 0 Å². The number of carboxylic acids is 1. The number of carboxylic acid groups (broad SMARTS) is 1. The third-order valence-corrected chi connectivity index (χ3v) is 2.26. The summed E-state index contributed by atoms with van der Waals surface area (Å²) < 4.78 is 0. The van der Waals surface area contributed by atoms with E-state index in [9.17, 15) is 4.79 Å². The van der Waals surface area contributed by atoms with E-state index in [2.05, 4.69) is 10.9 Å². The van der Waals surface area contributed by atoms with Crippen LogP contribution in [0.2, 0.25) is 0 Å². The number of rotatable bonds is 4. The van der Waals surface area contributed by atoms with Crippen LogP contribution in [0.1, 0.15) is 10.4 Å². The van der Waals surface area contributed by atoms with Crippen molar-refractivity contribution in [2.24, 2.45) is 0 Å². The van der Waals surface area contributed by atoms with Gasteiger partial charge >= 0.3 is 5.97 Å². The first-order valence-electron chi connectivity index (χ1n) is 5.16. The van der Waals surface area contributed by atoms with Gasteiger partial charge in [0.2, 0.25) is 0 Å². The van der Waals surface area contributed by atoms with Crippen molar-refractivity contribution >= 4 is 17.3 Å². The molecule has 2 aromatic rings. The molecule has 0 atom stereocenters. The van der Waals surface area contributed by atoms with E-state index in [1.807, 2.05) is 30.3 Å². The second-order valence-corrected chi connectivity index (χ2v) is 3.50. The van der Waals surface area contributed by atoms with Crippen LogP contribution < -0.4 is 10.9 Å². The minimum atomic E-state index is -0.924. The highest BCUT2D eigenvalue weighted by Crippen LogP contribution is 2.11. The zero-order chi connectivity index (χ0) is 12.1. The number of benzene rings is 2. The summed E-state index contributed by atoms with van der Waals surface area (Å²) in [5.74, 6) is -0.924. The molecule has 0 radical (unpaired) electrons. The van der Waals surface area contributed by atoms with E-state index < -0.39 is 5.97 Å². The van der Waals surface area contributed by atoms with Gasteiger partial charge in [-0.1, -0.05) is 18.2 Å². The van der Waals surface area contributed by atoms with E-state index in [-0.39, 0.29) is 5.56 Å². The van der Waals surface area contributed by atoms with Crippen LogP contribution in [-0.2, 0) is 0 Å². The van der Waals surface area contributed by atoms with E-state index in [0.29, 0.717) is 0 Å². The first kappa shape index (κ1) is 11.0. The van der Waals surface area contributed by atoms with Crippen molar-refractivity contribution in [2.75, 3.05) is 10.9 Å². The lowest BCUT2D eigenvalue weighted by molar-refractivity contribution is 0.0697. The molecule has 0 heterocycles. The highest BCUT2D eigenvalue weighted by atomic mass is 16.4. The van der Waals surface area contributed by atoms with E-state index in [4.69, 9.17) is 5.11 Å². The Hall–Kier alpha value is -2.49. The molecule has 0 amide bonds. The van der Waals surface area contributed by atoms with Crippen molar-refractivity contribution in [1.82, 2.24) is 0 Å². The normalized spacial score (nSPS) is 9.65. The number of anilines is 2. The molecule has 0 aliphatic carbocycles. The fourth-order valence-corrected chi connectivity index (χ4v) is 1.36. The summed E-state index contributed by atoms with van der Waals surface area (Å²) in [4.78, 5) is 10.7. The smallest absolute Gasteiger partial charge is 0.335 e. The summed E-state index contributed by atoms with van der Waals surface area (Å²) in [6.45, 7) is 0. The summed E-state index contributed by atoms with van der Waals surface area (Å²) in [5, 5.41) is 8.75. The van der Waals surface area contributed by atoms with Gasteiger partial charge in [-0.25, -0.2) is 4.79 Å². The fraction of sp³-hybridized carbons (Fsp3) is 0. The van der Waals surface area contributed by atoms with Crippen LogP contribution in [0.25, 0.3) is 0 Å². The third kappa shape index (κ3) is 2.98. The second-order valence-electron chi connectivity index (χ2n) is 3.50. The molecule has 0 saturated carbocycles. The monoisotopic (exact) mass is 228 g/mol. The molecule has 17 heavy (non-hydrogen) atoms. The molecule has 2 aromatic carbocycles. The quantitative estimate of drug-likeness (QED) is 0.704. The Morgan fingerprint density at radius 1 is 0.824 bits per heavy atom. The van der Waals surface area contributed by atoms with Gasteiger partial charge < -0.3 is 16.0 Å². The molecule has 2 rings (SSSR count). The van der Waals surface area contributed by atoms with E-state index in [0.717, 1.165) is 11.4 Å². The van der Waals surface area contributed by atoms with Crippen LogP contribution in [0.5, 0.6) is 0 Å². The Morgan fingerprint density at radius 2 is 1.35 bits per heavy atom. The molecule has 0 spiro atoms. The lowest BCUT2D eigenvalue weighted by Gasteiger charge is -2.09. The Kier molecular flexibility index (Phi) is 3.25. The molecule has 86 valence electrons. The Balaban J connectivity index is 1.98. The number of nitrogens with one attached hydrogen (secondary N) is 2. The van der Waals surface area contributed by atoms with Gasteiger partial charge in [-0.2, -0.15) is 0 Å². The molecule has 0 fully saturated rings. The van der Waals surface area contributed by atoms with Gasteiger partial charge in [0.15, 0.2) is 0 Å². The highest BCUT2D eigenvalue weighted by Gasteiger charge is 2.00. The maximum Gasteiger partial charge on any atom is 0.335 e. The van der Waals surface area contributed by atoms with Crippen molar-refractivity contribution in [3.05, 3.63) is 60.2 Å². The van der Waals surface area contributed by atoms with Crippen LogP contribution in [0.15, 0.2) is 54.6 Å². The van der Waals surface area contributed by atoms with Crippen LogP contribution in [0.3, 0.4) is 0 Å². The van der Waals surface area contributed by atoms with Crippen LogP contribution in [0, 0.1) is 0 Å². The van der Waals surface area contributed by atoms with Crippen LogP contribution in [0.4, 0.5) is 11.4 Å². The van der Waals surface area contributed by atoms with Crippen molar-refractivity contribution in [1.29, 1.82) is 0 Å². The Morgan fingerprint density at radius 3 is 1.88 bits per heavy atom. The molecular formula is C13H12N2O2. The molecule has 3 N–H and O–H groups in total. The average Bonchev–Trinajstić information content (AvgIpc) is 2.38. The molecular weight excluding hydrogens is 216 g/mol. The Bertz CT molecular complexity index is 495. The summed E-state index contributed by atoms with van der Waals surface area (Å²) in [7, 11) is 0. The topological polar surface area (TPSA) is 61.4 Å². The zero-order valence-corrected chi connectivity index (χ0v) is 9.05. The molecule has 0 aliphatic rings. The number of hydrazine groups is 1. The van der Waals surface area contributed by atoms with E-state index in [1.165, 1.54) is 0 Å². The van der Waals surface area contributed by atoms with Crippen molar-refractivity contribution in [3.63, 3.8) is 0 Å². The molecule has 0 aromatic heterocycles. The van der Waals surface area contributed by atoms with Gasteiger partial charge in [0.05, 0.1) is 16.9 Å². The minimum Gasteiger partial charge on any atom is -0.478 e. The van der Waals surface area contributed by atoms with E-state index in [1.54, 1.807) is 24.3 Å². The first-order chi connectivity index (χ1) is 8.25. The molecule has 4 heteroatoms. The standard InChI is InChI=1S/C13H12N2O2/c16-13(17)10-6-8-12(9-7-10)15-14-11-4-2-1-3-5-11/h1-9,14-15H,(H,16,17). The van der Waals surface area contributed by atoms with Crippen molar-refractivity contribution < 1.29 is 9.90 Å². The lowest BCUT2D eigenvalue weighted by Crippen LogP contribution is -2.08. The summed E-state index contributed by atoms with van der Waals surface area (Å²) in [6, 6.07) is 16.2. The van der Waals surface area contributed by atoms with Crippen molar-refractivity contribution in [2.45, 2.75) is 0 Å². The maximum absolute atomic E-state index is 10.7. The van der Waals surface area contributed by atoms with Crippen molar-refractivity contribution in [3.8, 4) is 0 Å². The molecule has 4 nitrogen and oxygen atoms in total. The number of hydrogen-bond donors (Lipinski definition) is 3. The molecule has 0 bridgehead atoms. The van der Waals surface area contributed by atoms with Crippen LogP contribution in [-0.4, -0.2) is 11.1 Å². The molecule has 0 aliphatic heterocycles. The summed E-state index contributed by atoms with van der Waals surface area (Å²) in [6.07, 6.45) is 0. The molecule has 0 saturated heterocycles. The lowest BCUT2D eigenvalue weighted by atomic mass is 10.2. The van der Waals surface area contributed by atoms with E-state index >= 15 is 0 Å². The van der Waals surface area contributed by atoms with Gasteiger partial charge in [0.25, 0.3) is 0 Å². The predicted molar refractivity (Wildman–Crippen MR) is 67.1 cm³/mol. The predicted octanol–water partition coefficient (Wildman–Crippen LogP) is 2.82. The fourth-order valence-electron chi connectivity index (χ4n) is 1.36. The largest absolute Gasteiger partial charge is 0.478 e. The third-order valence-electron chi connectivity index (χ3n) is 2.26. The van der Waals surface area contributed by atoms with Gasteiger partial charge in [-0.3, -0.25) is 0 Å². The van der Waals surface area contributed by atoms with Gasteiger partial charge in [0, 0.05) is 0 Å². The molecule has 0 unspecified atom stereocenters. The highest BCUT2D eigenvalue weighted by molar-refractivity contribution is 5.88.